The Morgan fingerprint density at radius 1 is 1.30 bits per heavy atom. The van der Waals surface area contributed by atoms with E-state index in [0.29, 0.717) is 6.04 Å². The van der Waals surface area contributed by atoms with E-state index in [4.69, 9.17) is 9.47 Å². The first-order valence-corrected chi connectivity index (χ1v) is 7.78. The molecule has 2 atom stereocenters. The maximum atomic E-state index is 6.07. The molecule has 0 radical (unpaired) electrons. The zero-order chi connectivity index (χ0) is 14.4. The largest absolute Gasteiger partial charge is 0.494 e. The van der Waals surface area contributed by atoms with Crippen molar-refractivity contribution in [1.82, 2.24) is 5.32 Å². The Morgan fingerprint density at radius 3 is 2.70 bits per heavy atom. The lowest BCUT2D eigenvalue weighted by molar-refractivity contribution is -0.0810. The highest BCUT2D eigenvalue weighted by Crippen LogP contribution is 2.35. The van der Waals surface area contributed by atoms with Crippen molar-refractivity contribution in [3.05, 3.63) is 29.8 Å². The van der Waals surface area contributed by atoms with Crippen LogP contribution >= 0.6 is 0 Å². The fourth-order valence-electron chi connectivity index (χ4n) is 2.85. The number of hydrogen-bond donors (Lipinski definition) is 1. The van der Waals surface area contributed by atoms with Crippen LogP contribution in [0.3, 0.4) is 0 Å². The first-order chi connectivity index (χ1) is 9.68. The van der Waals surface area contributed by atoms with E-state index < -0.39 is 0 Å². The Balaban J connectivity index is 2.04. The number of nitrogens with one attached hydrogen (secondary N) is 1. The molecule has 0 aliphatic carbocycles. The maximum Gasteiger partial charge on any atom is 0.119 e. The van der Waals surface area contributed by atoms with Gasteiger partial charge in [0.1, 0.15) is 5.75 Å². The lowest BCUT2D eigenvalue weighted by Gasteiger charge is -2.39. The lowest BCUT2D eigenvalue weighted by atomic mass is 9.85. The summed E-state index contributed by atoms with van der Waals surface area (Å²) in [6.07, 6.45) is 3.16. The molecular weight excluding hydrogens is 250 g/mol. The molecular formula is C17H27NO2. The Bertz CT molecular complexity index is 402. The zero-order valence-corrected chi connectivity index (χ0v) is 12.9. The molecule has 2 rings (SSSR count). The predicted molar refractivity (Wildman–Crippen MR) is 82.2 cm³/mol. The first kappa shape index (κ1) is 15.3. The van der Waals surface area contributed by atoms with Gasteiger partial charge in [-0.15, -0.1) is 0 Å². The molecule has 1 N–H and O–H groups in total. The Morgan fingerprint density at radius 2 is 2.05 bits per heavy atom. The van der Waals surface area contributed by atoms with Crippen molar-refractivity contribution in [3.63, 3.8) is 0 Å². The van der Waals surface area contributed by atoms with Gasteiger partial charge in [-0.25, -0.2) is 0 Å². The number of hydrogen-bond acceptors (Lipinski definition) is 3. The van der Waals surface area contributed by atoms with Gasteiger partial charge < -0.3 is 14.8 Å². The minimum absolute atomic E-state index is 0.186. The summed E-state index contributed by atoms with van der Waals surface area (Å²) >= 11 is 0. The van der Waals surface area contributed by atoms with Gasteiger partial charge in [-0.3, -0.25) is 0 Å². The monoisotopic (exact) mass is 277 g/mol. The van der Waals surface area contributed by atoms with Crippen LogP contribution in [0.25, 0.3) is 0 Å². The van der Waals surface area contributed by atoms with Crippen LogP contribution in [-0.4, -0.2) is 25.8 Å². The minimum atomic E-state index is -0.186. The molecule has 1 aromatic carbocycles. The fourth-order valence-corrected chi connectivity index (χ4v) is 2.85. The molecule has 1 saturated heterocycles. The van der Waals surface area contributed by atoms with E-state index in [1.54, 1.807) is 0 Å². The Labute approximate surface area is 122 Å². The Kier molecular flexibility index (Phi) is 5.44. The summed E-state index contributed by atoms with van der Waals surface area (Å²) in [5.74, 6) is 0.943. The van der Waals surface area contributed by atoms with Gasteiger partial charge >= 0.3 is 0 Å². The van der Waals surface area contributed by atoms with Gasteiger partial charge in [0, 0.05) is 12.6 Å². The van der Waals surface area contributed by atoms with Crippen molar-refractivity contribution in [2.45, 2.75) is 51.7 Å². The molecule has 1 heterocycles. The third-order valence-corrected chi connectivity index (χ3v) is 3.95. The molecule has 0 spiro atoms. The van der Waals surface area contributed by atoms with Gasteiger partial charge in [0.2, 0.25) is 0 Å². The van der Waals surface area contributed by atoms with Gasteiger partial charge in [0.15, 0.2) is 0 Å². The molecule has 0 aromatic heterocycles. The van der Waals surface area contributed by atoms with Crippen LogP contribution in [0.4, 0.5) is 0 Å². The van der Waals surface area contributed by atoms with E-state index in [-0.39, 0.29) is 5.60 Å². The van der Waals surface area contributed by atoms with Crippen molar-refractivity contribution in [2.75, 3.05) is 19.8 Å². The first-order valence-electron chi connectivity index (χ1n) is 7.78. The highest BCUT2D eigenvalue weighted by Gasteiger charge is 2.34. The normalized spacial score (nSPS) is 26.4. The van der Waals surface area contributed by atoms with E-state index in [1.807, 2.05) is 0 Å². The summed E-state index contributed by atoms with van der Waals surface area (Å²) in [6, 6.07) is 8.93. The van der Waals surface area contributed by atoms with Crippen LogP contribution in [0.2, 0.25) is 0 Å². The van der Waals surface area contributed by atoms with Gasteiger partial charge in [0.25, 0.3) is 0 Å². The van der Waals surface area contributed by atoms with Crippen LogP contribution in [0.1, 0.15) is 45.6 Å². The summed E-state index contributed by atoms with van der Waals surface area (Å²) in [5.41, 5.74) is 1.05. The van der Waals surface area contributed by atoms with Crippen molar-refractivity contribution in [1.29, 1.82) is 0 Å². The average molecular weight is 277 g/mol. The zero-order valence-electron chi connectivity index (χ0n) is 12.9. The summed E-state index contributed by atoms with van der Waals surface area (Å²) in [7, 11) is 0. The molecule has 1 aliphatic rings. The van der Waals surface area contributed by atoms with Gasteiger partial charge in [-0.2, -0.15) is 0 Å². The molecule has 1 aromatic rings. The predicted octanol–water partition coefficient (Wildman–Crippen LogP) is 3.48. The second-order valence-corrected chi connectivity index (χ2v) is 5.70. The standard InChI is InChI=1S/C17H27NO2/c1-4-11-19-16-8-6-14(7-9-16)17(3)13-15(18-5-2)10-12-20-17/h6-9,15,18H,4-5,10-13H2,1-3H3. The van der Waals surface area contributed by atoms with E-state index in [9.17, 15) is 0 Å². The summed E-state index contributed by atoms with van der Waals surface area (Å²) in [4.78, 5) is 0. The quantitative estimate of drug-likeness (QED) is 0.863. The number of ether oxygens (including phenoxy) is 2. The van der Waals surface area contributed by atoms with Crippen molar-refractivity contribution in [2.24, 2.45) is 0 Å². The molecule has 3 heteroatoms. The van der Waals surface area contributed by atoms with E-state index in [0.717, 1.165) is 44.8 Å². The SMILES string of the molecule is CCCOc1ccc(C2(C)CC(NCC)CCO2)cc1. The van der Waals surface area contributed by atoms with Gasteiger partial charge in [-0.05, 0) is 50.4 Å². The van der Waals surface area contributed by atoms with E-state index in [2.05, 4.69) is 50.4 Å². The molecule has 0 amide bonds. The third kappa shape index (κ3) is 3.74. The van der Waals surface area contributed by atoms with Crippen LogP contribution in [0.5, 0.6) is 5.75 Å². The maximum absolute atomic E-state index is 6.07. The van der Waals surface area contributed by atoms with E-state index >= 15 is 0 Å². The third-order valence-electron chi connectivity index (χ3n) is 3.95. The van der Waals surface area contributed by atoms with Crippen molar-refractivity contribution >= 4 is 0 Å². The smallest absolute Gasteiger partial charge is 0.119 e. The highest BCUT2D eigenvalue weighted by atomic mass is 16.5. The van der Waals surface area contributed by atoms with Crippen molar-refractivity contribution in [3.8, 4) is 5.75 Å². The molecule has 0 saturated carbocycles. The van der Waals surface area contributed by atoms with Gasteiger partial charge in [0.05, 0.1) is 12.2 Å². The number of rotatable bonds is 6. The molecule has 3 nitrogen and oxygen atoms in total. The summed E-state index contributed by atoms with van der Waals surface area (Å²) in [6.45, 7) is 9.08. The average Bonchev–Trinajstić information content (AvgIpc) is 2.46. The van der Waals surface area contributed by atoms with Crippen molar-refractivity contribution < 1.29 is 9.47 Å². The van der Waals surface area contributed by atoms with Crippen LogP contribution in [0.15, 0.2) is 24.3 Å². The Hall–Kier alpha value is -1.06. The molecule has 1 fully saturated rings. The van der Waals surface area contributed by atoms with Crippen LogP contribution in [0, 0.1) is 0 Å². The fraction of sp³-hybridized carbons (Fsp3) is 0.647. The number of benzene rings is 1. The molecule has 0 bridgehead atoms. The molecule has 1 aliphatic heterocycles. The molecule has 20 heavy (non-hydrogen) atoms. The second kappa shape index (κ2) is 7.09. The van der Waals surface area contributed by atoms with Gasteiger partial charge in [-0.1, -0.05) is 26.0 Å². The van der Waals surface area contributed by atoms with Crippen LogP contribution in [-0.2, 0) is 10.3 Å². The van der Waals surface area contributed by atoms with Crippen LogP contribution < -0.4 is 10.1 Å². The minimum Gasteiger partial charge on any atom is -0.494 e. The van der Waals surface area contributed by atoms with E-state index in [1.165, 1.54) is 5.56 Å². The molecule has 2 unspecified atom stereocenters. The lowest BCUT2D eigenvalue weighted by Crippen LogP contribution is -2.43. The summed E-state index contributed by atoms with van der Waals surface area (Å²) in [5, 5.41) is 3.54. The second-order valence-electron chi connectivity index (χ2n) is 5.70. The highest BCUT2D eigenvalue weighted by molar-refractivity contribution is 5.31. The topological polar surface area (TPSA) is 30.5 Å². The summed E-state index contributed by atoms with van der Waals surface area (Å²) < 4.78 is 11.7. The molecule has 112 valence electrons.